The van der Waals surface area contributed by atoms with Crippen molar-refractivity contribution in [2.75, 3.05) is 23.7 Å². The van der Waals surface area contributed by atoms with Crippen LogP contribution < -0.4 is 10.6 Å². The van der Waals surface area contributed by atoms with Gasteiger partial charge < -0.3 is 26.0 Å². The van der Waals surface area contributed by atoms with Crippen LogP contribution in [0.1, 0.15) is 53.2 Å². The number of piperidine rings is 1. The first kappa shape index (κ1) is 27.8. The molecule has 1 aliphatic heterocycles. The van der Waals surface area contributed by atoms with Crippen LogP contribution in [0.2, 0.25) is 0 Å². The second-order valence-corrected chi connectivity index (χ2v) is 9.10. The Hall–Kier alpha value is -3.82. The Balaban J connectivity index is 1.75. The van der Waals surface area contributed by atoms with Gasteiger partial charge in [-0.2, -0.15) is 13.2 Å². The number of aliphatic carboxylic acids is 1. The van der Waals surface area contributed by atoms with Gasteiger partial charge in [-0.15, -0.1) is 0 Å². The van der Waals surface area contributed by atoms with Crippen LogP contribution in [-0.4, -0.2) is 47.4 Å². The smallest absolute Gasteiger partial charge is 0.389 e. The lowest BCUT2D eigenvalue weighted by atomic mass is 9.96. The summed E-state index contributed by atoms with van der Waals surface area (Å²) in [5.74, 6) is -1.75. The number of carbonyl (C=O) groups excluding carboxylic acids is 1. The third-order valence-corrected chi connectivity index (χ3v) is 6.33. The number of nitrogens with one attached hydrogen (secondary N) is 3. The molecule has 0 aromatic heterocycles. The van der Waals surface area contributed by atoms with Crippen molar-refractivity contribution in [3.63, 3.8) is 0 Å². The number of nitrogens with zero attached hydrogens (tertiary/aromatic N) is 1. The number of anilines is 2. The lowest BCUT2D eigenvalue weighted by Gasteiger charge is -2.30. The summed E-state index contributed by atoms with van der Waals surface area (Å²) in [6.07, 6.45) is -0.0300. The summed E-state index contributed by atoms with van der Waals surface area (Å²) in [4.78, 5) is 25.7. The highest BCUT2D eigenvalue weighted by atomic mass is 19.4. The number of likely N-dealkylation sites (tertiary alicyclic amines) is 1. The minimum absolute atomic E-state index is 0.162. The Morgan fingerprint density at radius 3 is 2.51 bits per heavy atom. The maximum atomic E-state index is 13.1. The highest BCUT2D eigenvalue weighted by molar-refractivity contribution is 5.95. The summed E-state index contributed by atoms with van der Waals surface area (Å²) in [6.45, 7) is 2.48. The normalized spacial score (nSPS) is 16.9. The van der Waals surface area contributed by atoms with E-state index in [4.69, 9.17) is 5.41 Å². The van der Waals surface area contributed by atoms with Crippen LogP contribution in [0.5, 0.6) is 0 Å². The Labute approximate surface area is 213 Å². The van der Waals surface area contributed by atoms with Gasteiger partial charge in [0.25, 0.3) is 5.91 Å². The molecule has 198 valence electrons. The number of hydrogen-bond donors (Lipinski definition) is 4. The van der Waals surface area contributed by atoms with Gasteiger partial charge in [0, 0.05) is 48.9 Å². The molecule has 1 heterocycles. The van der Waals surface area contributed by atoms with E-state index in [1.165, 1.54) is 11.0 Å². The molecule has 1 saturated heterocycles. The van der Waals surface area contributed by atoms with Gasteiger partial charge in [-0.25, -0.2) is 0 Å². The number of carbonyl (C=O) groups is 2. The molecular formula is C27H31F3N4O3. The molecule has 0 radical (unpaired) electrons. The van der Waals surface area contributed by atoms with Gasteiger partial charge in [0.1, 0.15) is 0 Å². The zero-order valence-electron chi connectivity index (χ0n) is 20.5. The van der Waals surface area contributed by atoms with Crippen LogP contribution in [0.4, 0.5) is 24.5 Å². The molecule has 1 amide bonds. The van der Waals surface area contributed by atoms with Crippen LogP contribution in [0.25, 0.3) is 0 Å². The average molecular weight is 517 g/mol. The number of alkyl halides is 3. The maximum absolute atomic E-state index is 13.1. The minimum atomic E-state index is -4.30. The first-order valence-corrected chi connectivity index (χ1v) is 12.1. The van der Waals surface area contributed by atoms with Gasteiger partial charge in [-0.3, -0.25) is 9.59 Å². The lowest BCUT2D eigenvalue weighted by molar-refractivity contribution is -0.143. The second kappa shape index (κ2) is 12.4. The molecule has 0 bridgehead atoms. The fourth-order valence-corrected chi connectivity index (χ4v) is 4.42. The molecule has 2 aromatic carbocycles. The van der Waals surface area contributed by atoms with E-state index in [1.54, 1.807) is 42.6 Å². The van der Waals surface area contributed by atoms with Crippen LogP contribution in [0.3, 0.4) is 0 Å². The topological polar surface area (TPSA) is 106 Å². The fraction of sp³-hybridized carbons (Fsp3) is 0.370. The molecule has 0 aliphatic carbocycles. The molecule has 7 nitrogen and oxygen atoms in total. The summed E-state index contributed by atoms with van der Waals surface area (Å²) in [5, 5.41) is 22.5. The molecule has 1 unspecified atom stereocenters. The zero-order chi connectivity index (χ0) is 27.0. The summed E-state index contributed by atoms with van der Waals surface area (Å²) < 4.78 is 39.2. The van der Waals surface area contributed by atoms with Crippen molar-refractivity contribution in [2.24, 2.45) is 5.92 Å². The average Bonchev–Trinajstić information content (AvgIpc) is 2.86. The predicted octanol–water partition coefficient (Wildman–Crippen LogP) is 6.00. The maximum Gasteiger partial charge on any atom is 0.389 e. The number of amides is 1. The SMILES string of the molecule is Cc1cc(N/C=C\C=N)ccc1C(CCC(F)(F)F)Nc1ccc(C(=O)N2CCC[C@@H](C(=O)O)C2)cc1. The number of benzene rings is 2. The lowest BCUT2D eigenvalue weighted by Crippen LogP contribution is -2.42. The van der Waals surface area contributed by atoms with Crippen molar-refractivity contribution >= 4 is 29.5 Å². The molecule has 3 rings (SSSR count). The third kappa shape index (κ3) is 8.09. The Bertz CT molecular complexity index is 1130. The number of carboxylic acid groups (broad SMARTS) is 1. The Morgan fingerprint density at radius 1 is 1.19 bits per heavy atom. The van der Waals surface area contributed by atoms with Gasteiger partial charge in [-0.1, -0.05) is 6.07 Å². The van der Waals surface area contributed by atoms with Gasteiger partial charge in [0.05, 0.1) is 12.0 Å². The van der Waals surface area contributed by atoms with Gasteiger partial charge >= 0.3 is 12.1 Å². The zero-order valence-corrected chi connectivity index (χ0v) is 20.5. The van der Waals surface area contributed by atoms with E-state index >= 15 is 0 Å². The molecule has 2 atom stereocenters. The molecule has 0 spiro atoms. The molecule has 4 N–H and O–H groups in total. The van der Waals surface area contributed by atoms with Gasteiger partial charge in [-0.05, 0) is 79.8 Å². The molecule has 1 fully saturated rings. The van der Waals surface area contributed by atoms with E-state index in [9.17, 15) is 27.9 Å². The standard InChI is InChI=1S/C27H31F3N4O3/c1-18-16-22(32-14-3-13-31)9-10-23(18)24(11-12-27(28,29)30)33-21-7-5-19(6-8-21)25(35)34-15-2-4-20(17-34)26(36)37/h3,5-10,13-14,16,20,24,31-33H,2,4,11-12,15,17H2,1H3,(H,36,37)/b14-3-,31-13?/t20-,24?/m1/s1. The molecular weight excluding hydrogens is 485 g/mol. The summed E-state index contributed by atoms with van der Waals surface area (Å²) in [6, 6.07) is 11.3. The molecule has 1 aliphatic rings. The van der Waals surface area contributed by atoms with Crippen LogP contribution >= 0.6 is 0 Å². The van der Waals surface area contributed by atoms with Gasteiger partial charge in [0.2, 0.25) is 0 Å². The molecule has 37 heavy (non-hydrogen) atoms. The summed E-state index contributed by atoms with van der Waals surface area (Å²) in [5.41, 5.74) is 3.24. The first-order valence-electron chi connectivity index (χ1n) is 12.1. The number of rotatable bonds is 10. The number of aryl methyl sites for hydroxylation is 1. The van der Waals surface area contributed by atoms with E-state index in [1.807, 2.05) is 13.0 Å². The van der Waals surface area contributed by atoms with E-state index in [-0.39, 0.29) is 18.9 Å². The van der Waals surface area contributed by atoms with Crippen molar-refractivity contribution in [3.8, 4) is 0 Å². The van der Waals surface area contributed by atoms with Crippen LogP contribution in [-0.2, 0) is 4.79 Å². The molecule has 0 saturated carbocycles. The van der Waals surface area contributed by atoms with E-state index in [0.717, 1.165) is 23.0 Å². The minimum Gasteiger partial charge on any atom is -0.481 e. The number of hydrogen-bond acceptors (Lipinski definition) is 5. The number of halogens is 3. The first-order chi connectivity index (χ1) is 17.6. The van der Waals surface area contributed by atoms with Crippen molar-refractivity contribution < 1.29 is 27.9 Å². The summed E-state index contributed by atoms with van der Waals surface area (Å²) >= 11 is 0. The Morgan fingerprint density at radius 2 is 1.89 bits per heavy atom. The number of carboxylic acids is 1. The molecule has 2 aromatic rings. The monoisotopic (exact) mass is 516 g/mol. The van der Waals surface area contributed by atoms with Crippen molar-refractivity contribution in [3.05, 3.63) is 71.4 Å². The highest BCUT2D eigenvalue weighted by Gasteiger charge is 2.30. The number of allylic oxidation sites excluding steroid dienone is 1. The van der Waals surface area contributed by atoms with Crippen LogP contribution in [0, 0.1) is 18.3 Å². The highest BCUT2D eigenvalue weighted by Crippen LogP contribution is 2.33. The summed E-state index contributed by atoms with van der Waals surface area (Å²) in [7, 11) is 0. The second-order valence-electron chi connectivity index (χ2n) is 9.10. The van der Waals surface area contributed by atoms with E-state index in [2.05, 4.69) is 10.6 Å². The quantitative estimate of drug-likeness (QED) is 0.290. The van der Waals surface area contributed by atoms with Crippen molar-refractivity contribution in [1.82, 2.24) is 4.90 Å². The Kier molecular flexibility index (Phi) is 9.32. The fourth-order valence-electron chi connectivity index (χ4n) is 4.42. The predicted molar refractivity (Wildman–Crippen MR) is 137 cm³/mol. The van der Waals surface area contributed by atoms with Crippen molar-refractivity contribution in [1.29, 1.82) is 5.41 Å². The van der Waals surface area contributed by atoms with E-state index in [0.29, 0.717) is 30.6 Å². The van der Waals surface area contributed by atoms with Gasteiger partial charge in [0.15, 0.2) is 0 Å². The third-order valence-electron chi connectivity index (χ3n) is 6.33. The molecule has 10 heteroatoms. The van der Waals surface area contributed by atoms with E-state index < -0.39 is 30.5 Å². The van der Waals surface area contributed by atoms with Crippen LogP contribution in [0.15, 0.2) is 54.7 Å². The van der Waals surface area contributed by atoms with Crippen molar-refractivity contribution in [2.45, 2.75) is 44.8 Å². The largest absolute Gasteiger partial charge is 0.481 e.